The average molecular weight is 267 g/mol. The highest BCUT2D eigenvalue weighted by Gasteiger charge is 2.29. The molecule has 1 aliphatic heterocycles. The number of nitrogens with zero attached hydrogens (tertiary/aromatic N) is 1. The van der Waals surface area contributed by atoms with Gasteiger partial charge in [0.25, 0.3) is 5.91 Å². The van der Waals surface area contributed by atoms with E-state index in [0.717, 1.165) is 17.7 Å². The van der Waals surface area contributed by atoms with Gasteiger partial charge in [-0.15, -0.1) is 11.8 Å². The summed E-state index contributed by atoms with van der Waals surface area (Å²) < 4.78 is 5.52. The summed E-state index contributed by atoms with van der Waals surface area (Å²) in [6.45, 7) is 0.463. The molecule has 0 aliphatic carbocycles. The molecule has 0 aromatic carbocycles. The molecule has 3 N–H and O–H groups in total. The Morgan fingerprint density at radius 3 is 3.00 bits per heavy atom. The Kier molecular flexibility index (Phi) is 4.57. The first kappa shape index (κ1) is 13.3. The summed E-state index contributed by atoms with van der Waals surface area (Å²) in [5.41, 5.74) is 5.51. The van der Waals surface area contributed by atoms with E-state index in [1.807, 2.05) is 12.3 Å². The van der Waals surface area contributed by atoms with Crippen LogP contribution in [0.4, 0.5) is 5.82 Å². The van der Waals surface area contributed by atoms with Crippen LogP contribution in [0.25, 0.3) is 0 Å². The number of nitrogens with one attached hydrogen (secondary N) is 1. The molecule has 1 amide bonds. The van der Waals surface area contributed by atoms with Gasteiger partial charge in [-0.05, 0) is 31.2 Å². The van der Waals surface area contributed by atoms with Gasteiger partial charge in [0.15, 0.2) is 0 Å². The van der Waals surface area contributed by atoms with Gasteiger partial charge in [0.1, 0.15) is 11.9 Å². The number of hydrogen-bond acceptors (Lipinski definition) is 5. The maximum Gasteiger partial charge on any atom is 0.254 e. The van der Waals surface area contributed by atoms with Gasteiger partial charge in [0.2, 0.25) is 0 Å². The fourth-order valence-electron chi connectivity index (χ4n) is 1.85. The summed E-state index contributed by atoms with van der Waals surface area (Å²) in [4.78, 5) is 17.1. The van der Waals surface area contributed by atoms with Crippen LogP contribution in [0.15, 0.2) is 23.2 Å². The van der Waals surface area contributed by atoms with E-state index >= 15 is 0 Å². The van der Waals surface area contributed by atoms with E-state index in [9.17, 15) is 4.79 Å². The van der Waals surface area contributed by atoms with Crippen LogP contribution >= 0.6 is 11.8 Å². The van der Waals surface area contributed by atoms with E-state index in [1.165, 1.54) is 0 Å². The molecule has 2 heterocycles. The number of nitrogens with two attached hydrogens (primary N) is 1. The highest BCUT2D eigenvalue weighted by molar-refractivity contribution is 7.98. The summed E-state index contributed by atoms with van der Waals surface area (Å²) in [6.07, 6.45) is 4.88. The zero-order chi connectivity index (χ0) is 13.0. The topological polar surface area (TPSA) is 77.2 Å². The quantitative estimate of drug-likeness (QED) is 0.803. The number of carbonyl (C=O) groups is 1. The smallest absolute Gasteiger partial charge is 0.254 e. The van der Waals surface area contributed by atoms with Crippen molar-refractivity contribution in [1.29, 1.82) is 0 Å². The first-order valence-electron chi connectivity index (χ1n) is 5.89. The van der Waals surface area contributed by atoms with Crippen molar-refractivity contribution in [3.8, 4) is 0 Å². The maximum atomic E-state index is 11.9. The summed E-state index contributed by atoms with van der Waals surface area (Å²) >= 11 is 1.61. The molecule has 0 bridgehead atoms. The number of carbonyl (C=O) groups excluding carboxylic acids is 1. The Balaban J connectivity index is 1.90. The summed E-state index contributed by atoms with van der Waals surface area (Å²) in [5, 5.41) is 2.75. The van der Waals surface area contributed by atoms with E-state index in [-0.39, 0.29) is 12.0 Å². The monoisotopic (exact) mass is 267 g/mol. The minimum Gasteiger partial charge on any atom is -0.364 e. The van der Waals surface area contributed by atoms with Crippen molar-refractivity contribution >= 4 is 23.5 Å². The van der Waals surface area contributed by atoms with Gasteiger partial charge in [-0.25, -0.2) is 4.98 Å². The van der Waals surface area contributed by atoms with Crippen molar-refractivity contribution in [1.82, 2.24) is 4.98 Å². The Labute approximate surface area is 110 Å². The van der Waals surface area contributed by atoms with E-state index in [2.05, 4.69) is 10.3 Å². The van der Waals surface area contributed by atoms with Gasteiger partial charge in [0.05, 0.1) is 6.10 Å². The molecule has 0 saturated carbocycles. The third kappa shape index (κ3) is 3.22. The Hall–Kier alpha value is -1.11. The summed E-state index contributed by atoms with van der Waals surface area (Å²) in [7, 11) is 0. The number of ether oxygens (including phenoxy) is 1. The van der Waals surface area contributed by atoms with Gasteiger partial charge in [-0.1, -0.05) is 0 Å². The Morgan fingerprint density at radius 2 is 2.44 bits per heavy atom. The normalized spacial score (nSPS) is 23.0. The van der Waals surface area contributed by atoms with Crippen molar-refractivity contribution < 1.29 is 9.53 Å². The summed E-state index contributed by atoms with van der Waals surface area (Å²) in [5.74, 6) is 0.410. The van der Waals surface area contributed by atoms with Crippen LogP contribution in [0.5, 0.6) is 0 Å². The zero-order valence-corrected chi connectivity index (χ0v) is 11.1. The SMILES string of the molecule is CSc1ccc(NC(=O)[C@@H]2CC[C@H](CN)O2)nc1. The fraction of sp³-hybridized carbons (Fsp3) is 0.500. The molecule has 0 radical (unpaired) electrons. The van der Waals surface area contributed by atoms with Crippen molar-refractivity contribution in [3.05, 3.63) is 18.3 Å². The van der Waals surface area contributed by atoms with E-state index in [0.29, 0.717) is 12.4 Å². The van der Waals surface area contributed by atoms with Crippen LogP contribution in [0.3, 0.4) is 0 Å². The van der Waals surface area contributed by atoms with Crippen LogP contribution in [-0.4, -0.2) is 35.9 Å². The molecule has 6 heteroatoms. The molecule has 1 aromatic heterocycles. The average Bonchev–Trinajstić information content (AvgIpc) is 2.88. The Morgan fingerprint density at radius 1 is 1.61 bits per heavy atom. The largest absolute Gasteiger partial charge is 0.364 e. The molecule has 1 saturated heterocycles. The fourth-order valence-corrected chi connectivity index (χ4v) is 2.22. The number of amides is 1. The van der Waals surface area contributed by atoms with Crippen LogP contribution in [0.1, 0.15) is 12.8 Å². The number of pyridine rings is 1. The van der Waals surface area contributed by atoms with Gasteiger partial charge in [-0.2, -0.15) is 0 Å². The number of aromatic nitrogens is 1. The predicted molar refractivity (Wildman–Crippen MR) is 71.6 cm³/mol. The minimum absolute atomic E-state index is 0.00702. The number of rotatable bonds is 4. The van der Waals surface area contributed by atoms with Crippen molar-refractivity contribution in [3.63, 3.8) is 0 Å². The zero-order valence-electron chi connectivity index (χ0n) is 10.3. The van der Waals surface area contributed by atoms with E-state index < -0.39 is 6.10 Å². The molecular weight excluding hydrogens is 250 g/mol. The lowest BCUT2D eigenvalue weighted by atomic mass is 10.2. The summed E-state index contributed by atoms with van der Waals surface area (Å²) in [6, 6.07) is 3.71. The Bertz CT molecular complexity index is 410. The van der Waals surface area contributed by atoms with E-state index in [1.54, 1.807) is 24.0 Å². The second kappa shape index (κ2) is 6.17. The molecule has 98 valence electrons. The molecule has 1 aromatic rings. The molecule has 0 unspecified atom stereocenters. The first-order valence-corrected chi connectivity index (χ1v) is 7.12. The van der Waals surface area contributed by atoms with E-state index in [4.69, 9.17) is 10.5 Å². The number of thioether (sulfide) groups is 1. The minimum atomic E-state index is -0.402. The second-order valence-electron chi connectivity index (χ2n) is 4.13. The molecular formula is C12H17N3O2S. The van der Waals surface area contributed by atoms with Crippen molar-refractivity contribution in [2.45, 2.75) is 29.9 Å². The highest BCUT2D eigenvalue weighted by atomic mass is 32.2. The maximum absolute atomic E-state index is 11.9. The highest BCUT2D eigenvalue weighted by Crippen LogP contribution is 2.20. The lowest BCUT2D eigenvalue weighted by Gasteiger charge is -2.12. The third-order valence-electron chi connectivity index (χ3n) is 2.89. The second-order valence-corrected chi connectivity index (χ2v) is 5.01. The lowest BCUT2D eigenvalue weighted by Crippen LogP contribution is -2.30. The number of hydrogen-bond donors (Lipinski definition) is 2. The van der Waals surface area contributed by atoms with Gasteiger partial charge in [0, 0.05) is 17.6 Å². The van der Waals surface area contributed by atoms with Crippen LogP contribution in [-0.2, 0) is 9.53 Å². The first-order chi connectivity index (χ1) is 8.72. The lowest BCUT2D eigenvalue weighted by molar-refractivity contribution is -0.126. The van der Waals surface area contributed by atoms with Gasteiger partial charge < -0.3 is 15.8 Å². The van der Waals surface area contributed by atoms with Crippen LogP contribution in [0, 0.1) is 0 Å². The molecule has 18 heavy (non-hydrogen) atoms. The molecule has 1 fully saturated rings. The molecule has 0 spiro atoms. The molecule has 1 aliphatic rings. The van der Waals surface area contributed by atoms with Crippen LogP contribution < -0.4 is 11.1 Å². The molecule has 2 rings (SSSR count). The van der Waals surface area contributed by atoms with Gasteiger partial charge in [-0.3, -0.25) is 4.79 Å². The predicted octanol–water partition coefficient (Wildman–Crippen LogP) is 1.25. The third-order valence-corrected chi connectivity index (χ3v) is 3.60. The van der Waals surface area contributed by atoms with Crippen LogP contribution in [0.2, 0.25) is 0 Å². The van der Waals surface area contributed by atoms with Crippen molar-refractivity contribution in [2.75, 3.05) is 18.1 Å². The van der Waals surface area contributed by atoms with Gasteiger partial charge >= 0.3 is 0 Å². The molecule has 5 nitrogen and oxygen atoms in total. The standard InChI is InChI=1S/C12H17N3O2S/c1-18-9-3-5-11(14-7-9)15-12(16)10-4-2-8(6-13)17-10/h3,5,7-8,10H,2,4,6,13H2,1H3,(H,14,15,16)/t8-,10+/m1/s1. The molecule has 2 atom stereocenters. The number of anilines is 1. The van der Waals surface area contributed by atoms with Crippen molar-refractivity contribution in [2.24, 2.45) is 5.73 Å².